The van der Waals surface area contributed by atoms with E-state index in [-0.39, 0.29) is 30.1 Å². The van der Waals surface area contributed by atoms with Crippen molar-refractivity contribution in [2.24, 2.45) is 4.99 Å². The third-order valence-electron chi connectivity index (χ3n) is 4.37. The third kappa shape index (κ3) is 7.33. The van der Waals surface area contributed by atoms with Crippen molar-refractivity contribution in [2.45, 2.75) is 20.0 Å². The van der Waals surface area contributed by atoms with E-state index < -0.39 is 10.0 Å². The molecular weight excluding hydrogens is 398 g/mol. The van der Waals surface area contributed by atoms with Crippen LogP contribution in [0.1, 0.15) is 24.4 Å². The fourth-order valence-corrected chi connectivity index (χ4v) is 4.16. The molecule has 1 amide bonds. The van der Waals surface area contributed by atoms with Crippen molar-refractivity contribution >= 4 is 21.9 Å². The Hall–Kier alpha value is -2.11. The summed E-state index contributed by atoms with van der Waals surface area (Å²) >= 11 is 0. The maximum absolute atomic E-state index is 12.4. The number of ether oxygens (including phenoxy) is 1. The highest BCUT2D eigenvalue weighted by molar-refractivity contribution is 7.89. The second kappa shape index (κ2) is 11.2. The van der Waals surface area contributed by atoms with E-state index in [0.29, 0.717) is 45.2 Å². The molecule has 164 valence electrons. The third-order valence-corrected chi connectivity index (χ3v) is 6.21. The average Bonchev–Trinajstić information content (AvgIpc) is 3.22. The number of rotatable bonds is 9. The summed E-state index contributed by atoms with van der Waals surface area (Å²) in [5.41, 5.74) is 0. The summed E-state index contributed by atoms with van der Waals surface area (Å²) in [7, 11) is -1.65. The molecule has 1 fully saturated rings. The smallest absolute Gasteiger partial charge is 0.287 e. The van der Waals surface area contributed by atoms with Crippen LogP contribution < -0.4 is 10.6 Å². The standard InChI is InChI=1S/C18H31N5O5S/c1-15(2)27-13-14-29(25,26)23-10-8-22(9-11-23)18(19-3)21-7-6-20-17(24)16-5-4-12-28-16/h4-5,12,15H,6-11,13-14H2,1-3H3,(H,19,21)(H,20,24). The topological polar surface area (TPSA) is 116 Å². The molecule has 1 aromatic rings. The first kappa shape index (κ1) is 23.2. The molecule has 0 aliphatic carbocycles. The van der Waals surface area contributed by atoms with Gasteiger partial charge < -0.3 is 24.7 Å². The van der Waals surface area contributed by atoms with E-state index >= 15 is 0 Å². The predicted molar refractivity (Wildman–Crippen MR) is 110 cm³/mol. The Morgan fingerprint density at radius 2 is 1.93 bits per heavy atom. The Kier molecular flexibility index (Phi) is 8.93. The molecule has 1 aromatic heterocycles. The van der Waals surface area contributed by atoms with Gasteiger partial charge in [-0.3, -0.25) is 9.79 Å². The number of furan rings is 1. The molecule has 1 saturated heterocycles. The SMILES string of the molecule is CN=C(NCCNC(=O)c1ccco1)N1CCN(S(=O)(=O)CCOC(C)C)CC1. The van der Waals surface area contributed by atoms with Crippen LogP contribution in [0.4, 0.5) is 0 Å². The normalized spacial score (nSPS) is 16.3. The van der Waals surface area contributed by atoms with Gasteiger partial charge >= 0.3 is 0 Å². The van der Waals surface area contributed by atoms with Gasteiger partial charge in [0.2, 0.25) is 10.0 Å². The number of piperazine rings is 1. The lowest BCUT2D eigenvalue weighted by Gasteiger charge is -2.35. The minimum atomic E-state index is -3.32. The molecule has 0 bridgehead atoms. The molecule has 0 spiro atoms. The number of nitrogens with one attached hydrogen (secondary N) is 2. The summed E-state index contributed by atoms with van der Waals surface area (Å²) in [6.45, 7) is 6.75. The number of aliphatic imine (C=N–C) groups is 1. The minimum Gasteiger partial charge on any atom is -0.459 e. The lowest BCUT2D eigenvalue weighted by atomic mass is 10.4. The molecule has 10 nitrogen and oxygen atoms in total. The molecule has 1 aliphatic rings. The van der Waals surface area contributed by atoms with Crippen molar-refractivity contribution in [2.75, 3.05) is 58.7 Å². The quantitative estimate of drug-likeness (QED) is 0.321. The first-order valence-electron chi connectivity index (χ1n) is 9.70. The molecule has 0 aromatic carbocycles. The molecule has 0 radical (unpaired) electrons. The van der Waals surface area contributed by atoms with E-state index in [9.17, 15) is 13.2 Å². The van der Waals surface area contributed by atoms with E-state index in [2.05, 4.69) is 15.6 Å². The Morgan fingerprint density at radius 1 is 1.24 bits per heavy atom. The number of hydrogen-bond donors (Lipinski definition) is 2. The van der Waals surface area contributed by atoms with Crippen LogP contribution in [0, 0.1) is 0 Å². The van der Waals surface area contributed by atoms with E-state index in [1.54, 1.807) is 19.2 Å². The summed E-state index contributed by atoms with van der Waals surface area (Å²) in [5.74, 6) is 0.669. The second-order valence-corrected chi connectivity index (χ2v) is 8.92. The summed E-state index contributed by atoms with van der Waals surface area (Å²) in [4.78, 5) is 18.1. The van der Waals surface area contributed by atoms with Gasteiger partial charge in [-0.2, -0.15) is 4.31 Å². The van der Waals surface area contributed by atoms with Crippen molar-refractivity contribution in [1.29, 1.82) is 0 Å². The number of amides is 1. The first-order valence-corrected chi connectivity index (χ1v) is 11.3. The fourth-order valence-electron chi connectivity index (χ4n) is 2.87. The Labute approximate surface area is 172 Å². The average molecular weight is 430 g/mol. The lowest BCUT2D eigenvalue weighted by Crippen LogP contribution is -2.54. The molecule has 0 atom stereocenters. The van der Waals surface area contributed by atoms with Gasteiger partial charge in [0.15, 0.2) is 11.7 Å². The van der Waals surface area contributed by atoms with Crippen molar-refractivity contribution < 1.29 is 22.4 Å². The van der Waals surface area contributed by atoms with Gasteiger partial charge in [-0.05, 0) is 26.0 Å². The van der Waals surface area contributed by atoms with E-state index in [4.69, 9.17) is 9.15 Å². The zero-order valence-corrected chi connectivity index (χ0v) is 18.1. The molecule has 0 saturated carbocycles. The van der Waals surface area contributed by atoms with Gasteiger partial charge in [-0.1, -0.05) is 0 Å². The fraction of sp³-hybridized carbons (Fsp3) is 0.667. The highest BCUT2D eigenvalue weighted by Gasteiger charge is 2.27. The van der Waals surface area contributed by atoms with Gasteiger partial charge in [0.1, 0.15) is 0 Å². The number of sulfonamides is 1. The molecular formula is C18H31N5O5S. The molecule has 11 heteroatoms. The Morgan fingerprint density at radius 3 is 2.52 bits per heavy atom. The van der Waals surface area contributed by atoms with Gasteiger partial charge in [0.05, 0.1) is 24.7 Å². The van der Waals surface area contributed by atoms with E-state index in [1.807, 2.05) is 18.7 Å². The molecule has 2 N–H and O–H groups in total. The molecule has 0 unspecified atom stereocenters. The van der Waals surface area contributed by atoms with Crippen LogP contribution in [0.5, 0.6) is 0 Å². The molecule has 2 heterocycles. The van der Waals surface area contributed by atoms with Crippen LogP contribution in [0.15, 0.2) is 27.8 Å². The van der Waals surface area contributed by atoms with Crippen molar-refractivity contribution in [3.8, 4) is 0 Å². The van der Waals surface area contributed by atoms with E-state index in [0.717, 1.165) is 0 Å². The van der Waals surface area contributed by atoms with Crippen LogP contribution in [0.3, 0.4) is 0 Å². The molecule has 1 aliphatic heterocycles. The number of nitrogens with zero attached hydrogens (tertiary/aromatic N) is 3. The maximum Gasteiger partial charge on any atom is 0.287 e. The van der Waals surface area contributed by atoms with Crippen LogP contribution in [-0.4, -0.2) is 94.3 Å². The number of hydrogen-bond acceptors (Lipinski definition) is 6. The highest BCUT2D eigenvalue weighted by atomic mass is 32.2. The van der Waals surface area contributed by atoms with Crippen molar-refractivity contribution in [3.05, 3.63) is 24.2 Å². The minimum absolute atomic E-state index is 0.00643. The molecule has 2 rings (SSSR count). The van der Waals surface area contributed by atoms with Crippen LogP contribution in [0.25, 0.3) is 0 Å². The van der Waals surface area contributed by atoms with Gasteiger partial charge in [0, 0.05) is 46.3 Å². The van der Waals surface area contributed by atoms with Crippen molar-refractivity contribution in [3.63, 3.8) is 0 Å². The monoisotopic (exact) mass is 429 g/mol. The Balaban J connectivity index is 1.71. The van der Waals surface area contributed by atoms with Crippen LogP contribution >= 0.6 is 0 Å². The van der Waals surface area contributed by atoms with Crippen LogP contribution in [0.2, 0.25) is 0 Å². The maximum atomic E-state index is 12.4. The molecule has 29 heavy (non-hydrogen) atoms. The Bertz CT molecular complexity index is 756. The summed E-state index contributed by atoms with van der Waals surface area (Å²) in [6.07, 6.45) is 1.46. The number of carbonyl (C=O) groups excluding carboxylic acids is 1. The first-order chi connectivity index (χ1) is 13.8. The zero-order valence-electron chi connectivity index (χ0n) is 17.3. The van der Waals surface area contributed by atoms with Gasteiger partial charge in [-0.25, -0.2) is 8.42 Å². The number of carbonyl (C=O) groups is 1. The predicted octanol–water partition coefficient (Wildman–Crippen LogP) is -0.0428. The zero-order chi connectivity index (χ0) is 21.3. The largest absolute Gasteiger partial charge is 0.459 e. The van der Waals surface area contributed by atoms with Crippen molar-refractivity contribution in [1.82, 2.24) is 19.8 Å². The lowest BCUT2D eigenvalue weighted by molar-refractivity contribution is 0.0904. The summed E-state index contributed by atoms with van der Waals surface area (Å²) < 4.78 is 36.7. The van der Waals surface area contributed by atoms with Gasteiger partial charge in [0.25, 0.3) is 5.91 Å². The van der Waals surface area contributed by atoms with Crippen LogP contribution in [-0.2, 0) is 14.8 Å². The second-order valence-electron chi connectivity index (χ2n) is 6.83. The highest BCUT2D eigenvalue weighted by Crippen LogP contribution is 2.09. The van der Waals surface area contributed by atoms with E-state index in [1.165, 1.54) is 10.6 Å². The summed E-state index contributed by atoms with van der Waals surface area (Å²) in [6, 6.07) is 3.26. The summed E-state index contributed by atoms with van der Waals surface area (Å²) in [5, 5.41) is 5.94. The van der Waals surface area contributed by atoms with Gasteiger partial charge in [-0.15, -0.1) is 0 Å². The number of guanidine groups is 1.